The predicted octanol–water partition coefficient (Wildman–Crippen LogP) is 3.09. The van der Waals surface area contributed by atoms with Gasteiger partial charge in [-0.15, -0.1) is 0 Å². The molecule has 0 saturated heterocycles. The molecule has 5 nitrogen and oxygen atoms in total. The molecule has 0 saturated carbocycles. The number of benzene rings is 1. The Morgan fingerprint density at radius 1 is 1.09 bits per heavy atom. The van der Waals surface area contributed by atoms with Crippen LogP contribution >= 0.6 is 0 Å². The minimum absolute atomic E-state index is 0.144. The van der Waals surface area contributed by atoms with Gasteiger partial charge < -0.3 is 10.3 Å². The number of nitrogens with zero attached hydrogens (tertiary/aromatic N) is 4. The van der Waals surface area contributed by atoms with E-state index < -0.39 is 6.67 Å². The Balaban J connectivity index is 2.12. The Bertz CT molecular complexity index is 798. The normalized spacial score (nSPS) is 10.9. The first-order chi connectivity index (χ1) is 11.2. The summed E-state index contributed by atoms with van der Waals surface area (Å²) < 4.78 is 27.5. The highest BCUT2D eigenvalue weighted by Crippen LogP contribution is 2.30. The molecule has 2 heterocycles. The molecule has 0 aliphatic heterocycles. The molecule has 0 bridgehead atoms. The van der Waals surface area contributed by atoms with Crippen molar-refractivity contribution in [3.8, 4) is 22.6 Å². The molecule has 3 aromatic rings. The van der Waals surface area contributed by atoms with Crippen LogP contribution in [0, 0.1) is 5.82 Å². The van der Waals surface area contributed by atoms with Crippen molar-refractivity contribution in [3.63, 3.8) is 0 Å². The summed E-state index contributed by atoms with van der Waals surface area (Å²) in [4.78, 5) is 12.5. The largest absolute Gasteiger partial charge is 0.368 e. The van der Waals surface area contributed by atoms with Gasteiger partial charge in [0.1, 0.15) is 5.82 Å². The zero-order chi connectivity index (χ0) is 16.2. The number of rotatable bonds is 5. The third kappa shape index (κ3) is 3.18. The topological polar surface area (TPSA) is 69.6 Å². The summed E-state index contributed by atoms with van der Waals surface area (Å²) in [6.45, 7) is 0.0410. The Labute approximate surface area is 131 Å². The molecule has 1 aromatic carbocycles. The quantitative estimate of drug-likeness (QED) is 0.785. The summed E-state index contributed by atoms with van der Waals surface area (Å²) in [5, 5.41) is 0. The molecule has 0 spiro atoms. The zero-order valence-electron chi connectivity index (χ0n) is 12.3. The number of aromatic nitrogens is 4. The maximum atomic E-state index is 13.1. The lowest BCUT2D eigenvalue weighted by atomic mass is 10.1. The molecule has 0 aliphatic rings. The van der Waals surface area contributed by atoms with Gasteiger partial charge in [0.2, 0.25) is 5.95 Å². The summed E-state index contributed by atoms with van der Waals surface area (Å²) in [7, 11) is 0. The smallest absolute Gasteiger partial charge is 0.220 e. The molecule has 0 unspecified atom stereocenters. The van der Waals surface area contributed by atoms with Gasteiger partial charge in [-0.05, 0) is 36.8 Å². The number of anilines is 1. The molecule has 0 atom stereocenters. The van der Waals surface area contributed by atoms with Gasteiger partial charge in [-0.2, -0.15) is 0 Å². The van der Waals surface area contributed by atoms with Crippen molar-refractivity contribution >= 4 is 5.95 Å². The molecule has 2 N–H and O–H groups in total. The zero-order valence-corrected chi connectivity index (χ0v) is 12.3. The van der Waals surface area contributed by atoms with E-state index in [1.165, 1.54) is 12.1 Å². The summed E-state index contributed by atoms with van der Waals surface area (Å²) in [6, 6.07) is 7.74. The lowest BCUT2D eigenvalue weighted by Crippen LogP contribution is -2.03. The van der Waals surface area contributed by atoms with Crippen LogP contribution < -0.4 is 5.73 Å². The SMILES string of the molecule is Nc1nccc(-c2c(-c3ccc(F)cc3)ncn2CCCF)n1. The molecular weight excluding hydrogens is 300 g/mol. The molecule has 0 radical (unpaired) electrons. The van der Waals surface area contributed by atoms with Crippen LogP contribution in [0.15, 0.2) is 42.9 Å². The van der Waals surface area contributed by atoms with Gasteiger partial charge in [-0.1, -0.05) is 0 Å². The first-order valence-electron chi connectivity index (χ1n) is 7.15. The van der Waals surface area contributed by atoms with Crippen LogP contribution in [0.25, 0.3) is 22.6 Å². The van der Waals surface area contributed by atoms with Crippen LogP contribution in [0.4, 0.5) is 14.7 Å². The Morgan fingerprint density at radius 2 is 1.87 bits per heavy atom. The van der Waals surface area contributed by atoms with Crippen molar-refractivity contribution in [3.05, 3.63) is 48.7 Å². The average molecular weight is 315 g/mol. The van der Waals surface area contributed by atoms with Crippen molar-refractivity contribution in [1.29, 1.82) is 0 Å². The second-order valence-corrected chi connectivity index (χ2v) is 4.98. The second kappa shape index (κ2) is 6.51. The average Bonchev–Trinajstić information content (AvgIpc) is 2.97. The fourth-order valence-electron chi connectivity index (χ4n) is 2.38. The molecule has 0 fully saturated rings. The van der Waals surface area contributed by atoms with Gasteiger partial charge in [0.05, 0.1) is 30.1 Å². The van der Waals surface area contributed by atoms with E-state index in [0.29, 0.717) is 30.0 Å². The third-order valence-electron chi connectivity index (χ3n) is 3.40. The first-order valence-corrected chi connectivity index (χ1v) is 7.15. The predicted molar refractivity (Wildman–Crippen MR) is 83.7 cm³/mol. The maximum Gasteiger partial charge on any atom is 0.220 e. The van der Waals surface area contributed by atoms with Crippen LogP contribution in [0.2, 0.25) is 0 Å². The minimum atomic E-state index is -0.421. The highest BCUT2D eigenvalue weighted by atomic mass is 19.1. The fourth-order valence-corrected chi connectivity index (χ4v) is 2.38. The van der Waals surface area contributed by atoms with E-state index in [1.807, 2.05) is 4.57 Å². The summed E-state index contributed by atoms with van der Waals surface area (Å²) in [5.74, 6) is -0.177. The molecule has 3 rings (SSSR count). The van der Waals surface area contributed by atoms with E-state index in [2.05, 4.69) is 15.0 Å². The highest BCUT2D eigenvalue weighted by Gasteiger charge is 2.16. The highest BCUT2D eigenvalue weighted by molar-refractivity contribution is 5.77. The van der Waals surface area contributed by atoms with Crippen molar-refractivity contribution < 1.29 is 8.78 Å². The number of hydrogen-bond donors (Lipinski definition) is 1. The lowest BCUT2D eigenvalue weighted by molar-refractivity contribution is 0.447. The number of imidazole rings is 1. The van der Waals surface area contributed by atoms with E-state index in [9.17, 15) is 8.78 Å². The summed E-state index contributed by atoms with van der Waals surface area (Å²) in [6.07, 6.45) is 3.55. The Morgan fingerprint density at radius 3 is 2.57 bits per heavy atom. The number of hydrogen-bond acceptors (Lipinski definition) is 4. The van der Waals surface area contributed by atoms with Gasteiger partial charge in [-0.25, -0.2) is 19.3 Å². The number of alkyl halides is 1. The van der Waals surface area contributed by atoms with E-state index in [-0.39, 0.29) is 11.8 Å². The van der Waals surface area contributed by atoms with Gasteiger partial charge in [-0.3, -0.25) is 4.39 Å². The van der Waals surface area contributed by atoms with Crippen molar-refractivity contribution in [2.75, 3.05) is 12.4 Å². The number of nitrogen functional groups attached to an aromatic ring is 1. The Hall–Kier alpha value is -2.83. The van der Waals surface area contributed by atoms with E-state index >= 15 is 0 Å². The summed E-state index contributed by atoms with van der Waals surface area (Å²) >= 11 is 0. The molecule has 7 heteroatoms. The first kappa shape index (κ1) is 15.1. The van der Waals surface area contributed by atoms with Crippen molar-refractivity contribution in [1.82, 2.24) is 19.5 Å². The van der Waals surface area contributed by atoms with Crippen molar-refractivity contribution in [2.45, 2.75) is 13.0 Å². The van der Waals surface area contributed by atoms with E-state index in [4.69, 9.17) is 5.73 Å². The summed E-state index contributed by atoms with van der Waals surface area (Å²) in [5.41, 5.74) is 8.35. The lowest BCUT2D eigenvalue weighted by Gasteiger charge is -2.09. The monoisotopic (exact) mass is 315 g/mol. The molecule has 23 heavy (non-hydrogen) atoms. The maximum absolute atomic E-state index is 13.1. The third-order valence-corrected chi connectivity index (χ3v) is 3.40. The van der Waals surface area contributed by atoms with Crippen LogP contribution in [0.3, 0.4) is 0 Å². The van der Waals surface area contributed by atoms with Gasteiger partial charge in [0.25, 0.3) is 0 Å². The number of nitrogens with two attached hydrogens (primary N) is 1. The van der Waals surface area contributed by atoms with Gasteiger partial charge in [0.15, 0.2) is 0 Å². The second-order valence-electron chi connectivity index (χ2n) is 4.98. The van der Waals surface area contributed by atoms with Crippen LogP contribution in [0.1, 0.15) is 6.42 Å². The van der Waals surface area contributed by atoms with Gasteiger partial charge in [0, 0.05) is 18.3 Å². The molecule has 118 valence electrons. The van der Waals surface area contributed by atoms with Gasteiger partial charge >= 0.3 is 0 Å². The molecular formula is C16H15F2N5. The fraction of sp³-hybridized carbons (Fsp3) is 0.188. The van der Waals surface area contributed by atoms with E-state index in [1.54, 1.807) is 30.7 Å². The van der Waals surface area contributed by atoms with Crippen LogP contribution in [-0.4, -0.2) is 26.2 Å². The number of aryl methyl sites for hydroxylation is 1. The van der Waals surface area contributed by atoms with Crippen LogP contribution in [0.5, 0.6) is 0 Å². The molecule has 2 aromatic heterocycles. The molecule has 0 aliphatic carbocycles. The van der Waals surface area contributed by atoms with E-state index in [0.717, 1.165) is 5.56 Å². The Kier molecular flexibility index (Phi) is 4.27. The van der Waals surface area contributed by atoms with Crippen molar-refractivity contribution in [2.24, 2.45) is 0 Å². The van der Waals surface area contributed by atoms with Crippen LogP contribution in [-0.2, 0) is 6.54 Å². The number of halogens is 2. The minimum Gasteiger partial charge on any atom is -0.368 e. The standard InChI is InChI=1S/C16H15F2N5/c17-7-1-9-23-10-21-14(11-2-4-12(18)5-3-11)15(23)13-6-8-20-16(19)22-13/h2-6,8,10H,1,7,9H2,(H2,19,20,22). The molecule has 0 amide bonds.